The third kappa shape index (κ3) is 7.07. The first kappa shape index (κ1) is 32.2. The average molecular weight is 625 g/mol. The summed E-state index contributed by atoms with van der Waals surface area (Å²) in [4.78, 5) is 31.7. The number of para-hydroxylation sites is 1. The van der Waals surface area contributed by atoms with Gasteiger partial charge >= 0.3 is 5.97 Å². The number of hydrogen-bond acceptors (Lipinski definition) is 4. The molecule has 6 nitrogen and oxygen atoms in total. The predicted molar refractivity (Wildman–Crippen MR) is 181 cm³/mol. The summed E-state index contributed by atoms with van der Waals surface area (Å²) < 4.78 is 8.37. The van der Waals surface area contributed by atoms with Crippen LogP contribution in [0.2, 0.25) is 5.02 Å². The number of aromatic nitrogens is 2. The van der Waals surface area contributed by atoms with Crippen molar-refractivity contribution in [2.75, 3.05) is 0 Å². The second kappa shape index (κ2) is 13.1. The molecule has 0 saturated heterocycles. The van der Waals surface area contributed by atoms with Gasteiger partial charge in [-0.1, -0.05) is 82.6 Å². The minimum atomic E-state index is -1.01. The molecule has 0 unspecified atom stereocenters. The van der Waals surface area contributed by atoms with E-state index < -0.39 is 11.4 Å². The monoisotopic (exact) mass is 624 g/mol. The smallest absolute Gasteiger partial charge is 0.310 e. The standard InChI is InChI=1S/C38H41ClN2O4/c1-6-38(7-2,36(43)44)21-33-35(34(42)22-37(3,4)5)30-20-29(45-24-28-17-14-26-10-8-9-11-31(26)40-28)18-19-32(30)41(33)23-25-12-15-27(39)16-13-25/h8-20H,6-7,21-24H2,1-5H3,(H,43,44). The molecule has 2 aromatic heterocycles. The number of pyridine rings is 1. The van der Waals surface area contributed by atoms with E-state index >= 15 is 0 Å². The summed E-state index contributed by atoms with van der Waals surface area (Å²) in [6.45, 7) is 10.7. The second-order valence-corrected chi connectivity index (χ2v) is 13.6. The van der Waals surface area contributed by atoms with Crippen LogP contribution in [0.1, 0.15) is 81.2 Å². The number of halogens is 1. The molecule has 7 heteroatoms. The Balaban J connectivity index is 1.65. The first-order chi connectivity index (χ1) is 21.4. The number of ketones is 1. The number of carbonyl (C=O) groups excluding carboxylic acids is 1. The van der Waals surface area contributed by atoms with Crippen molar-refractivity contribution >= 4 is 45.2 Å². The van der Waals surface area contributed by atoms with E-state index in [-0.39, 0.29) is 24.2 Å². The van der Waals surface area contributed by atoms with Crippen molar-refractivity contribution in [2.24, 2.45) is 10.8 Å². The van der Waals surface area contributed by atoms with E-state index in [0.717, 1.165) is 38.8 Å². The number of hydrogen-bond donors (Lipinski definition) is 1. The van der Waals surface area contributed by atoms with Gasteiger partial charge < -0.3 is 14.4 Å². The van der Waals surface area contributed by atoms with E-state index in [1.807, 2.05) is 113 Å². The van der Waals surface area contributed by atoms with Crippen molar-refractivity contribution in [3.05, 3.63) is 106 Å². The molecule has 0 amide bonds. The molecule has 45 heavy (non-hydrogen) atoms. The molecule has 234 valence electrons. The zero-order valence-corrected chi connectivity index (χ0v) is 27.4. The van der Waals surface area contributed by atoms with Gasteiger partial charge in [0.15, 0.2) is 5.78 Å². The second-order valence-electron chi connectivity index (χ2n) is 13.1. The number of rotatable bonds is 12. The van der Waals surface area contributed by atoms with Crippen molar-refractivity contribution in [1.82, 2.24) is 9.55 Å². The van der Waals surface area contributed by atoms with Gasteiger partial charge in [0.25, 0.3) is 0 Å². The molecule has 1 N–H and O–H groups in total. The van der Waals surface area contributed by atoms with Crippen LogP contribution < -0.4 is 4.74 Å². The molecule has 0 fully saturated rings. The van der Waals surface area contributed by atoms with Gasteiger partial charge in [0.2, 0.25) is 0 Å². The van der Waals surface area contributed by atoms with Gasteiger partial charge in [0, 0.05) is 52.0 Å². The Morgan fingerprint density at radius 1 is 0.933 bits per heavy atom. The molecule has 2 heterocycles. The average Bonchev–Trinajstić information content (AvgIpc) is 3.30. The molecule has 3 aromatic carbocycles. The minimum absolute atomic E-state index is 0.00260. The Hall–Kier alpha value is -4.16. The maximum absolute atomic E-state index is 14.2. The summed E-state index contributed by atoms with van der Waals surface area (Å²) in [5, 5.41) is 12.9. The molecule has 0 bridgehead atoms. The van der Waals surface area contributed by atoms with Gasteiger partial charge in [0.1, 0.15) is 12.4 Å². The Labute approximate surface area is 270 Å². The van der Waals surface area contributed by atoms with Crippen LogP contribution in [0, 0.1) is 10.8 Å². The highest BCUT2D eigenvalue weighted by Gasteiger charge is 2.38. The van der Waals surface area contributed by atoms with Gasteiger partial charge in [-0.2, -0.15) is 0 Å². The molecule has 0 radical (unpaired) electrons. The topological polar surface area (TPSA) is 81.4 Å². The number of Topliss-reactive ketones (excluding diaryl/α,β-unsaturated/α-hetero) is 1. The molecule has 0 aliphatic carbocycles. The third-order valence-electron chi connectivity index (χ3n) is 8.72. The van der Waals surface area contributed by atoms with E-state index in [9.17, 15) is 14.7 Å². The summed E-state index contributed by atoms with van der Waals surface area (Å²) in [6.07, 6.45) is 1.45. The molecule has 5 aromatic rings. The Kier molecular flexibility index (Phi) is 9.36. The number of benzene rings is 3. The van der Waals surface area contributed by atoms with Crippen LogP contribution in [-0.4, -0.2) is 26.4 Å². The van der Waals surface area contributed by atoms with Crippen LogP contribution in [0.25, 0.3) is 21.8 Å². The molecule has 0 aliphatic rings. The summed E-state index contributed by atoms with van der Waals surface area (Å²) >= 11 is 6.19. The largest absolute Gasteiger partial charge is 0.487 e. The van der Waals surface area contributed by atoms with E-state index in [2.05, 4.69) is 4.57 Å². The molecule has 0 aliphatic heterocycles. The number of fused-ring (bicyclic) bond motifs is 2. The van der Waals surface area contributed by atoms with Crippen LogP contribution in [-0.2, 0) is 24.4 Å². The predicted octanol–water partition coefficient (Wildman–Crippen LogP) is 9.52. The fourth-order valence-corrected chi connectivity index (χ4v) is 6.16. The summed E-state index contributed by atoms with van der Waals surface area (Å²) in [5.74, 6) is -0.234. The number of carbonyl (C=O) groups is 2. The lowest BCUT2D eigenvalue weighted by atomic mass is 9.77. The molecule has 5 rings (SSSR count). The van der Waals surface area contributed by atoms with Gasteiger partial charge in [-0.15, -0.1) is 0 Å². The van der Waals surface area contributed by atoms with Gasteiger partial charge in [-0.3, -0.25) is 9.59 Å². The summed E-state index contributed by atoms with van der Waals surface area (Å²) in [7, 11) is 0. The van der Waals surface area contributed by atoms with Crippen LogP contribution in [0.3, 0.4) is 0 Å². The highest BCUT2D eigenvalue weighted by molar-refractivity contribution is 6.30. The SMILES string of the molecule is CCC(CC)(Cc1c(C(=O)CC(C)(C)C)c2cc(OCc3ccc4ccccc4n3)ccc2n1Cc1ccc(Cl)cc1)C(=O)O. The van der Waals surface area contributed by atoms with E-state index in [1.54, 1.807) is 0 Å². The number of nitrogens with zero attached hydrogens (tertiary/aromatic N) is 2. The molecule has 0 atom stereocenters. The van der Waals surface area contributed by atoms with Crippen LogP contribution >= 0.6 is 11.6 Å². The maximum atomic E-state index is 14.2. The molecule has 0 spiro atoms. The third-order valence-corrected chi connectivity index (χ3v) is 8.97. The summed E-state index contributed by atoms with van der Waals surface area (Å²) in [5.41, 5.74) is 3.63. The Morgan fingerprint density at radius 3 is 2.31 bits per heavy atom. The molecular weight excluding hydrogens is 584 g/mol. The Morgan fingerprint density at radius 2 is 1.64 bits per heavy atom. The quantitative estimate of drug-likeness (QED) is 0.140. The van der Waals surface area contributed by atoms with Gasteiger partial charge in [-0.25, -0.2) is 4.98 Å². The van der Waals surface area contributed by atoms with Crippen molar-refractivity contribution in [3.63, 3.8) is 0 Å². The van der Waals surface area contributed by atoms with Crippen molar-refractivity contribution < 1.29 is 19.4 Å². The number of aliphatic carboxylic acids is 1. The highest BCUT2D eigenvalue weighted by atomic mass is 35.5. The maximum Gasteiger partial charge on any atom is 0.310 e. The first-order valence-electron chi connectivity index (χ1n) is 15.6. The number of ether oxygens (including phenoxy) is 1. The zero-order valence-electron chi connectivity index (χ0n) is 26.7. The highest BCUT2D eigenvalue weighted by Crippen LogP contribution is 2.39. The first-order valence-corrected chi connectivity index (χ1v) is 15.9. The molecular formula is C38H41ClN2O4. The lowest BCUT2D eigenvalue weighted by molar-refractivity contribution is -0.149. The van der Waals surface area contributed by atoms with E-state index in [1.165, 1.54) is 0 Å². The van der Waals surface area contributed by atoms with Crippen molar-refractivity contribution in [2.45, 2.75) is 73.5 Å². The van der Waals surface area contributed by atoms with Gasteiger partial charge in [-0.05, 0) is 66.3 Å². The van der Waals surface area contributed by atoms with Crippen LogP contribution in [0.5, 0.6) is 5.75 Å². The Bertz CT molecular complexity index is 1850. The number of carboxylic acid groups (broad SMARTS) is 1. The van der Waals surface area contributed by atoms with Crippen LogP contribution in [0.4, 0.5) is 0 Å². The zero-order chi connectivity index (χ0) is 32.4. The van der Waals surface area contributed by atoms with Crippen molar-refractivity contribution in [1.29, 1.82) is 0 Å². The lowest BCUT2D eigenvalue weighted by Gasteiger charge is -2.28. The van der Waals surface area contributed by atoms with E-state index in [0.29, 0.717) is 42.1 Å². The fourth-order valence-electron chi connectivity index (χ4n) is 6.04. The molecule has 0 saturated carbocycles. The van der Waals surface area contributed by atoms with E-state index in [4.69, 9.17) is 21.3 Å². The van der Waals surface area contributed by atoms with Crippen molar-refractivity contribution in [3.8, 4) is 5.75 Å². The minimum Gasteiger partial charge on any atom is -0.487 e. The summed E-state index contributed by atoms with van der Waals surface area (Å²) in [6, 6.07) is 25.4. The van der Waals surface area contributed by atoms with Crippen LogP contribution in [0.15, 0.2) is 78.9 Å². The normalized spacial score (nSPS) is 12.1. The fraction of sp³-hybridized carbons (Fsp3) is 0.342. The number of carboxylic acids is 1. The van der Waals surface area contributed by atoms with Gasteiger partial charge in [0.05, 0.1) is 16.6 Å². The lowest BCUT2D eigenvalue weighted by Crippen LogP contribution is -2.33.